The number of rotatable bonds is 1. The normalized spacial score (nSPS) is 10.8. The summed E-state index contributed by atoms with van der Waals surface area (Å²) in [6.45, 7) is 2.09. The summed E-state index contributed by atoms with van der Waals surface area (Å²) in [6.07, 6.45) is 5.29. The van der Waals surface area contributed by atoms with Gasteiger partial charge in [-0.15, -0.1) is 0 Å². The van der Waals surface area contributed by atoms with Crippen molar-refractivity contribution in [1.82, 2.24) is 4.98 Å². The lowest BCUT2D eigenvalue weighted by atomic mass is 10.0. The number of aromatic nitrogens is 1. The molecule has 1 aromatic carbocycles. The third-order valence-corrected chi connectivity index (χ3v) is 2.73. The molecule has 0 aliphatic carbocycles. The van der Waals surface area contributed by atoms with Gasteiger partial charge in [-0.2, -0.15) is 0 Å². The Hall–Kier alpha value is -2.09. The van der Waals surface area contributed by atoms with Gasteiger partial charge < -0.3 is 4.42 Å². The van der Waals surface area contributed by atoms with Gasteiger partial charge in [-0.1, -0.05) is 11.6 Å². The van der Waals surface area contributed by atoms with Crippen molar-refractivity contribution in [3.8, 4) is 11.1 Å². The molecule has 78 valence electrons. The van der Waals surface area contributed by atoms with Crippen LogP contribution in [0.1, 0.15) is 5.56 Å². The van der Waals surface area contributed by atoms with Crippen LogP contribution in [0.25, 0.3) is 22.0 Å². The van der Waals surface area contributed by atoms with Gasteiger partial charge in [-0.05, 0) is 36.8 Å². The van der Waals surface area contributed by atoms with Gasteiger partial charge in [-0.25, -0.2) is 0 Å². The third-order valence-electron chi connectivity index (χ3n) is 2.73. The Morgan fingerprint density at radius 1 is 1.12 bits per heavy atom. The first-order valence-corrected chi connectivity index (χ1v) is 5.22. The molecule has 3 aromatic rings. The number of hydrogen-bond donors (Lipinski definition) is 0. The van der Waals surface area contributed by atoms with Gasteiger partial charge in [0.05, 0.1) is 18.0 Å². The molecule has 2 heterocycles. The fourth-order valence-electron chi connectivity index (χ4n) is 1.93. The smallest absolute Gasteiger partial charge is 0.0981 e. The lowest BCUT2D eigenvalue weighted by molar-refractivity contribution is 0.568. The van der Waals surface area contributed by atoms with Crippen LogP contribution in [-0.4, -0.2) is 4.98 Å². The molecule has 16 heavy (non-hydrogen) atoms. The van der Waals surface area contributed by atoms with Gasteiger partial charge in [0, 0.05) is 17.1 Å². The summed E-state index contributed by atoms with van der Waals surface area (Å²) in [5.41, 5.74) is 4.52. The quantitative estimate of drug-likeness (QED) is 0.609. The topological polar surface area (TPSA) is 26.0 Å². The van der Waals surface area contributed by atoms with Crippen molar-refractivity contribution in [2.24, 2.45) is 0 Å². The summed E-state index contributed by atoms with van der Waals surface area (Å²) in [5.74, 6) is 0. The van der Waals surface area contributed by atoms with Gasteiger partial charge >= 0.3 is 0 Å². The van der Waals surface area contributed by atoms with E-state index in [-0.39, 0.29) is 0 Å². The highest BCUT2D eigenvalue weighted by atomic mass is 16.3. The highest BCUT2D eigenvalue weighted by molar-refractivity contribution is 5.94. The molecule has 0 amide bonds. The van der Waals surface area contributed by atoms with Crippen molar-refractivity contribution < 1.29 is 4.42 Å². The molecular formula is C14H11NO. The van der Waals surface area contributed by atoms with Crippen LogP contribution in [-0.2, 0) is 0 Å². The number of fused-ring (bicyclic) bond motifs is 1. The summed E-state index contributed by atoms with van der Waals surface area (Å²) in [4.78, 5) is 4.36. The van der Waals surface area contributed by atoms with Crippen molar-refractivity contribution in [2.45, 2.75) is 6.92 Å². The molecule has 0 spiro atoms. The van der Waals surface area contributed by atoms with Crippen molar-refractivity contribution in [3.05, 3.63) is 54.6 Å². The highest BCUT2D eigenvalue weighted by Crippen LogP contribution is 2.28. The SMILES string of the molecule is Cc1ccc2nccc(-c3ccoc3)c2c1. The summed E-state index contributed by atoms with van der Waals surface area (Å²) >= 11 is 0. The fraction of sp³-hybridized carbons (Fsp3) is 0.0714. The molecule has 0 atom stereocenters. The van der Waals surface area contributed by atoms with E-state index in [0.717, 1.165) is 11.1 Å². The zero-order valence-corrected chi connectivity index (χ0v) is 8.97. The summed E-state index contributed by atoms with van der Waals surface area (Å²) in [7, 11) is 0. The molecule has 0 saturated carbocycles. The van der Waals surface area contributed by atoms with Gasteiger partial charge in [0.1, 0.15) is 0 Å². The number of pyridine rings is 1. The van der Waals surface area contributed by atoms with Crippen LogP contribution in [0.5, 0.6) is 0 Å². The molecule has 0 radical (unpaired) electrons. The molecule has 0 aliphatic heterocycles. The van der Waals surface area contributed by atoms with Gasteiger partial charge in [-0.3, -0.25) is 4.98 Å². The maximum absolute atomic E-state index is 5.13. The number of benzene rings is 1. The monoisotopic (exact) mass is 209 g/mol. The van der Waals surface area contributed by atoms with Crippen LogP contribution in [0.2, 0.25) is 0 Å². The Labute approximate surface area is 93.5 Å². The molecule has 2 nitrogen and oxygen atoms in total. The minimum Gasteiger partial charge on any atom is -0.472 e. The van der Waals surface area contributed by atoms with Crippen molar-refractivity contribution in [2.75, 3.05) is 0 Å². The fourth-order valence-corrected chi connectivity index (χ4v) is 1.93. The van der Waals surface area contributed by atoms with E-state index >= 15 is 0 Å². The molecule has 0 saturated heterocycles. The van der Waals surface area contributed by atoms with Crippen LogP contribution in [0, 0.1) is 6.92 Å². The van der Waals surface area contributed by atoms with Gasteiger partial charge in [0.25, 0.3) is 0 Å². The Bertz CT molecular complexity index is 626. The maximum Gasteiger partial charge on any atom is 0.0981 e. The number of hydrogen-bond acceptors (Lipinski definition) is 2. The molecular weight excluding hydrogens is 198 g/mol. The second-order valence-corrected chi connectivity index (χ2v) is 3.89. The van der Waals surface area contributed by atoms with E-state index in [1.807, 2.05) is 24.4 Å². The van der Waals surface area contributed by atoms with E-state index in [0.29, 0.717) is 0 Å². The van der Waals surface area contributed by atoms with E-state index in [9.17, 15) is 0 Å². The van der Waals surface area contributed by atoms with E-state index in [2.05, 4.69) is 24.0 Å². The van der Waals surface area contributed by atoms with Gasteiger partial charge in [0.15, 0.2) is 0 Å². The van der Waals surface area contributed by atoms with Gasteiger partial charge in [0.2, 0.25) is 0 Å². The molecule has 0 aliphatic rings. The predicted molar refractivity (Wildman–Crippen MR) is 64.2 cm³/mol. The number of aryl methyl sites for hydroxylation is 1. The average molecular weight is 209 g/mol. The Morgan fingerprint density at radius 2 is 2.06 bits per heavy atom. The summed E-state index contributed by atoms with van der Waals surface area (Å²) in [6, 6.07) is 10.3. The molecule has 0 unspecified atom stereocenters. The summed E-state index contributed by atoms with van der Waals surface area (Å²) < 4.78 is 5.13. The van der Waals surface area contributed by atoms with Crippen molar-refractivity contribution in [1.29, 1.82) is 0 Å². The van der Waals surface area contributed by atoms with E-state index in [1.165, 1.54) is 16.5 Å². The maximum atomic E-state index is 5.13. The number of furan rings is 1. The summed E-state index contributed by atoms with van der Waals surface area (Å²) in [5, 5.41) is 1.17. The first kappa shape index (κ1) is 9.16. The van der Waals surface area contributed by atoms with Crippen LogP contribution >= 0.6 is 0 Å². The molecule has 0 bridgehead atoms. The van der Waals surface area contributed by atoms with Crippen LogP contribution in [0.4, 0.5) is 0 Å². The standard InChI is InChI=1S/C14H11NO/c1-10-2-3-14-13(8-10)12(4-6-15-14)11-5-7-16-9-11/h2-9H,1H3. The number of nitrogens with zero attached hydrogens (tertiary/aromatic N) is 1. The molecule has 2 heteroatoms. The Balaban J connectivity index is 2.36. The lowest BCUT2D eigenvalue weighted by Crippen LogP contribution is -1.83. The Morgan fingerprint density at radius 3 is 2.88 bits per heavy atom. The predicted octanol–water partition coefficient (Wildman–Crippen LogP) is 3.80. The molecule has 2 aromatic heterocycles. The second-order valence-electron chi connectivity index (χ2n) is 3.89. The minimum atomic E-state index is 1.02. The second kappa shape index (κ2) is 3.49. The highest BCUT2D eigenvalue weighted by Gasteiger charge is 2.05. The van der Waals surface area contributed by atoms with E-state index in [4.69, 9.17) is 4.42 Å². The Kier molecular flexibility index (Phi) is 2.00. The van der Waals surface area contributed by atoms with E-state index < -0.39 is 0 Å². The zero-order valence-electron chi connectivity index (χ0n) is 8.97. The minimum absolute atomic E-state index is 1.02. The van der Waals surface area contributed by atoms with Crippen LogP contribution in [0.3, 0.4) is 0 Å². The van der Waals surface area contributed by atoms with Crippen LogP contribution in [0.15, 0.2) is 53.5 Å². The van der Waals surface area contributed by atoms with Crippen molar-refractivity contribution in [3.63, 3.8) is 0 Å². The molecule has 0 N–H and O–H groups in total. The first-order chi connectivity index (χ1) is 7.84. The molecule has 3 rings (SSSR count). The zero-order chi connectivity index (χ0) is 11.0. The van der Waals surface area contributed by atoms with Crippen molar-refractivity contribution >= 4 is 10.9 Å². The average Bonchev–Trinajstić information content (AvgIpc) is 2.81. The van der Waals surface area contributed by atoms with E-state index in [1.54, 1.807) is 12.5 Å². The first-order valence-electron chi connectivity index (χ1n) is 5.22. The third kappa shape index (κ3) is 1.39. The largest absolute Gasteiger partial charge is 0.472 e. The lowest BCUT2D eigenvalue weighted by Gasteiger charge is -2.04. The van der Waals surface area contributed by atoms with Crippen LogP contribution < -0.4 is 0 Å². The molecule has 0 fully saturated rings.